The van der Waals surface area contributed by atoms with Gasteiger partial charge in [0.05, 0.1) is 0 Å². The summed E-state index contributed by atoms with van der Waals surface area (Å²) in [5.74, 6) is 1.06. The average Bonchev–Trinajstić information content (AvgIpc) is 2.45. The molecule has 20 heavy (non-hydrogen) atoms. The first-order valence-electron chi connectivity index (χ1n) is 7.56. The lowest BCUT2D eigenvalue weighted by Gasteiger charge is -2.34. The minimum Gasteiger partial charge on any atom is -0.303 e. The van der Waals surface area contributed by atoms with Gasteiger partial charge in [0, 0.05) is 29.0 Å². The number of nitrogens with zero attached hydrogens (tertiary/aromatic N) is 1. The highest BCUT2D eigenvalue weighted by Crippen LogP contribution is 2.27. The van der Waals surface area contributed by atoms with Gasteiger partial charge >= 0.3 is 0 Å². The van der Waals surface area contributed by atoms with E-state index < -0.39 is 0 Å². The van der Waals surface area contributed by atoms with Crippen LogP contribution in [0.5, 0.6) is 0 Å². The Labute approximate surface area is 130 Å². The fourth-order valence-electron chi connectivity index (χ4n) is 3.08. The van der Waals surface area contributed by atoms with Crippen molar-refractivity contribution in [2.45, 2.75) is 45.1 Å². The summed E-state index contributed by atoms with van der Waals surface area (Å²) in [7, 11) is 2.16. The second kappa shape index (κ2) is 7.37. The number of hydrogen-bond acceptors (Lipinski definition) is 2. The van der Waals surface area contributed by atoms with Crippen LogP contribution in [0, 0.1) is 5.92 Å². The molecule has 110 valence electrons. The van der Waals surface area contributed by atoms with Gasteiger partial charge in [-0.25, -0.2) is 0 Å². The van der Waals surface area contributed by atoms with Gasteiger partial charge in [-0.1, -0.05) is 53.9 Å². The number of halogens is 1. The summed E-state index contributed by atoms with van der Waals surface area (Å²) < 4.78 is 0.902. The molecule has 1 aromatic rings. The van der Waals surface area contributed by atoms with Crippen LogP contribution < -0.4 is 0 Å². The van der Waals surface area contributed by atoms with E-state index >= 15 is 0 Å². The van der Waals surface area contributed by atoms with Crippen LogP contribution in [0.25, 0.3) is 0 Å². The molecule has 1 saturated carbocycles. The van der Waals surface area contributed by atoms with Crippen LogP contribution in [0.4, 0.5) is 0 Å². The third-order valence-corrected chi connectivity index (χ3v) is 5.09. The van der Waals surface area contributed by atoms with Gasteiger partial charge in [-0.05, 0) is 31.9 Å². The molecule has 0 heterocycles. The third-order valence-electron chi connectivity index (χ3n) is 4.40. The highest BCUT2D eigenvalue weighted by Gasteiger charge is 2.22. The average molecular weight is 338 g/mol. The summed E-state index contributed by atoms with van der Waals surface area (Å²) in [6, 6.07) is 8.35. The summed E-state index contributed by atoms with van der Waals surface area (Å²) in [6.45, 7) is 3.20. The lowest BCUT2D eigenvalue weighted by molar-refractivity contribution is 0.0945. The smallest absolute Gasteiger partial charge is 0.165 e. The molecule has 1 aromatic carbocycles. The third kappa shape index (κ3) is 4.16. The van der Waals surface area contributed by atoms with Gasteiger partial charge in [0.1, 0.15) is 0 Å². The molecule has 0 amide bonds. The van der Waals surface area contributed by atoms with E-state index in [0.29, 0.717) is 12.5 Å². The Morgan fingerprint density at radius 2 is 2.10 bits per heavy atom. The Morgan fingerprint density at radius 1 is 1.35 bits per heavy atom. The number of carbonyl (C=O) groups excluding carboxylic acids is 1. The molecule has 2 nitrogen and oxygen atoms in total. The zero-order chi connectivity index (χ0) is 14.5. The first-order valence-corrected chi connectivity index (χ1v) is 8.35. The predicted molar refractivity (Wildman–Crippen MR) is 87.1 cm³/mol. The Hall–Kier alpha value is -0.670. The van der Waals surface area contributed by atoms with Crippen molar-refractivity contribution in [1.29, 1.82) is 0 Å². The van der Waals surface area contributed by atoms with Gasteiger partial charge in [-0.3, -0.25) is 4.79 Å². The lowest BCUT2D eigenvalue weighted by atomic mass is 9.86. The van der Waals surface area contributed by atoms with E-state index in [1.807, 2.05) is 24.3 Å². The summed E-state index contributed by atoms with van der Waals surface area (Å²) in [4.78, 5) is 14.6. The molecule has 0 N–H and O–H groups in total. The topological polar surface area (TPSA) is 20.3 Å². The molecule has 0 radical (unpaired) electrons. The van der Waals surface area contributed by atoms with E-state index in [1.165, 1.54) is 25.7 Å². The number of rotatable bonds is 5. The second-order valence-corrected chi connectivity index (χ2v) is 6.91. The van der Waals surface area contributed by atoms with Crippen molar-refractivity contribution >= 4 is 21.7 Å². The number of ketones is 1. The summed E-state index contributed by atoms with van der Waals surface area (Å²) >= 11 is 3.45. The fraction of sp³-hybridized carbons (Fsp3) is 0.588. The first-order chi connectivity index (χ1) is 9.58. The number of Topliss-reactive ketones (excluding diaryl/α,β-unsaturated/α-hetero) is 1. The molecular weight excluding hydrogens is 314 g/mol. The van der Waals surface area contributed by atoms with Gasteiger partial charge in [-0.15, -0.1) is 0 Å². The van der Waals surface area contributed by atoms with Crippen molar-refractivity contribution in [2.75, 3.05) is 13.6 Å². The first kappa shape index (κ1) is 15.7. The maximum Gasteiger partial charge on any atom is 0.165 e. The van der Waals surface area contributed by atoms with E-state index in [9.17, 15) is 4.79 Å². The van der Waals surface area contributed by atoms with Crippen LogP contribution in [0.3, 0.4) is 0 Å². The molecule has 0 aliphatic heterocycles. The van der Waals surface area contributed by atoms with Crippen molar-refractivity contribution < 1.29 is 4.79 Å². The van der Waals surface area contributed by atoms with Gasteiger partial charge in [0.25, 0.3) is 0 Å². The van der Waals surface area contributed by atoms with Crippen LogP contribution >= 0.6 is 15.9 Å². The molecule has 0 spiro atoms. The summed E-state index contributed by atoms with van der Waals surface area (Å²) in [6.07, 6.45) is 5.85. The van der Waals surface area contributed by atoms with Gasteiger partial charge < -0.3 is 4.90 Å². The van der Waals surface area contributed by atoms with Crippen molar-refractivity contribution in [2.24, 2.45) is 5.92 Å². The van der Waals surface area contributed by atoms with Crippen LogP contribution in [0.2, 0.25) is 0 Å². The zero-order valence-corrected chi connectivity index (χ0v) is 14.0. The second-order valence-electron chi connectivity index (χ2n) is 6.06. The molecule has 1 fully saturated rings. The Morgan fingerprint density at radius 3 is 2.80 bits per heavy atom. The van der Waals surface area contributed by atoms with Crippen LogP contribution in [0.1, 0.15) is 49.4 Å². The van der Waals surface area contributed by atoms with Crippen molar-refractivity contribution in [1.82, 2.24) is 4.90 Å². The number of benzene rings is 1. The normalized spacial score (nSPS) is 23.0. The molecule has 2 unspecified atom stereocenters. The molecule has 0 aromatic heterocycles. The fourth-order valence-corrected chi connectivity index (χ4v) is 3.59. The molecule has 1 aliphatic carbocycles. The van der Waals surface area contributed by atoms with Crippen LogP contribution in [-0.2, 0) is 0 Å². The van der Waals surface area contributed by atoms with Crippen molar-refractivity contribution in [3.05, 3.63) is 34.3 Å². The Bertz CT molecular complexity index is 460. The monoisotopic (exact) mass is 337 g/mol. The van der Waals surface area contributed by atoms with E-state index in [4.69, 9.17) is 0 Å². The van der Waals surface area contributed by atoms with Crippen molar-refractivity contribution in [3.63, 3.8) is 0 Å². The number of carbonyl (C=O) groups is 1. The van der Waals surface area contributed by atoms with Crippen molar-refractivity contribution in [3.8, 4) is 0 Å². The van der Waals surface area contributed by atoms with Gasteiger partial charge in [0.2, 0.25) is 0 Å². The van der Waals surface area contributed by atoms with Gasteiger partial charge in [0.15, 0.2) is 5.78 Å². The quantitative estimate of drug-likeness (QED) is 0.735. The van der Waals surface area contributed by atoms with Gasteiger partial charge in [-0.2, -0.15) is 0 Å². The molecule has 1 aliphatic rings. The largest absolute Gasteiger partial charge is 0.303 e. The molecule has 3 heteroatoms. The van der Waals surface area contributed by atoms with E-state index in [1.54, 1.807) is 0 Å². The van der Waals surface area contributed by atoms with E-state index in [-0.39, 0.29) is 5.78 Å². The molecule has 2 rings (SSSR count). The minimum absolute atomic E-state index is 0.230. The Balaban J connectivity index is 1.85. The van der Waals surface area contributed by atoms with E-state index in [2.05, 4.69) is 34.8 Å². The zero-order valence-electron chi connectivity index (χ0n) is 12.4. The molecule has 0 saturated heterocycles. The molecular formula is C17H24BrNO. The van der Waals surface area contributed by atoms with Crippen LogP contribution in [0.15, 0.2) is 28.7 Å². The SMILES string of the molecule is CC1CCCC(N(C)CCC(=O)c2ccccc2Br)C1. The van der Waals surface area contributed by atoms with Crippen LogP contribution in [-0.4, -0.2) is 30.3 Å². The standard InChI is InChI=1S/C17H24BrNO/c1-13-6-5-7-14(12-13)19(2)11-10-17(20)15-8-3-4-9-16(15)18/h3-4,8-9,13-14H,5-7,10-12H2,1-2H3. The Kier molecular flexibility index (Phi) is 5.79. The van der Waals surface area contributed by atoms with E-state index in [0.717, 1.165) is 22.5 Å². The lowest BCUT2D eigenvalue weighted by Crippen LogP contribution is -2.36. The maximum absolute atomic E-state index is 12.3. The predicted octanol–water partition coefficient (Wildman–Crippen LogP) is 4.53. The summed E-state index contributed by atoms with van der Waals surface area (Å²) in [5.41, 5.74) is 0.804. The highest BCUT2D eigenvalue weighted by atomic mass is 79.9. The maximum atomic E-state index is 12.3. The highest BCUT2D eigenvalue weighted by molar-refractivity contribution is 9.10. The minimum atomic E-state index is 0.230. The molecule has 0 bridgehead atoms. The number of hydrogen-bond donors (Lipinski definition) is 0. The molecule has 2 atom stereocenters. The summed E-state index contributed by atoms with van der Waals surface area (Å²) in [5, 5.41) is 0.